The number of nitrogens with zero attached hydrogens (tertiary/aromatic N) is 4. The highest BCUT2D eigenvalue weighted by Gasteiger charge is 2.30. The van der Waals surface area contributed by atoms with Crippen molar-refractivity contribution in [3.63, 3.8) is 0 Å². The van der Waals surface area contributed by atoms with Crippen LogP contribution in [0.5, 0.6) is 5.88 Å². The Bertz CT molecular complexity index is 1240. The summed E-state index contributed by atoms with van der Waals surface area (Å²) >= 11 is 0. The highest BCUT2D eigenvalue weighted by Crippen LogP contribution is 2.36. The highest BCUT2D eigenvalue weighted by molar-refractivity contribution is 6.58. The number of nitrogens with one attached hydrogen (secondary N) is 2. The van der Waals surface area contributed by atoms with Crippen LogP contribution in [0.3, 0.4) is 0 Å². The van der Waals surface area contributed by atoms with Crippen LogP contribution >= 0.6 is 0 Å². The first kappa shape index (κ1) is 20.2. The van der Waals surface area contributed by atoms with Gasteiger partial charge < -0.3 is 20.2 Å². The molecule has 2 aliphatic heterocycles. The molecule has 0 spiro atoms. The third kappa shape index (κ3) is 3.70. The molecule has 3 aromatic rings. The van der Waals surface area contributed by atoms with Gasteiger partial charge in [0.05, 0.1) is 16.2 Å². The maximum Gasteiger partial charge on any atom is 0.270 e. The molecule has 2 aromatic carbocycles. The SMILES string of the molecule is O=[N+]([O-])c1ccc2[nH]c(O)c(C3=Nc4ccccc4C3=NOCCN3CCNCC3)c2c1. The van der Waals surface area contributed by atoms with Gasteiger partial charge in [0, 0.05) is 61.3 Å². The second-order valence-electron chi connectivity index (χ2n) is 7.68. The summed E-state index contributed by atoms with van der Waals surface area (Å²) < 4.78 is 0. The molecule has 0 bridgehead atoms. The molecule has 164 valence electrons. The molecule has 32 heavy (non-hydrogen) atoms. The van der Waals surface area contributed by atoms with E-state index in [-0.39, 0.29) is 11.6 Å². The maximum atomic E-state index is 11.3. The normalized spacial score (nSPS) is 17.5. The number of nitro groups is 1. The average Bonchev–Trinajstić information content (AvgIpc) is 3.33. The van der Waals surface area contributed by atoms with Gasteiger partial charge in [-0.05, 0) is 12.1 Å². The van der Waals surface area contributed by atoms with E-state index in [4.69, 9.17) is 4.84 Å². The molecule has 1 aromatic heterocycles. The topological polar surface area (TPSA) is 128 Å². The first-order chi connectivity index (χ1) is 15.6. The Morgan fingerprint density at radius 1 is 1.22 bits per heavy atom. The molecule has 2 aliphatic rings. The lowest BCUT2D eigenvalue weighted by molar-refractivity contribution is -0.384. The first-order valence-electron chi connectivity index (χ1n) is 10.4. The quantitative estimate of drug-likeness (QED) is 0.311. The van der Waals surface area contributed by atoms with Crippen LogP contribution in [0.1, 0.15) is 11.1 Å². The number of aliphatic imine (C=N–C) groups is 1. The summed E-state index contributed by atoms with van der Waals surface area (Å²) in [5.41, 5.74) is 3.25. The maximum absolute atomic E-state index is 11.3. The van der Waals surface area contributed by atoms with E-state index in [0.29, 0.717) is 40.2 Å². The van der Waals surface area contributed by atoms with Crippen molar-refractivity contribution < 1.29 is 14.9 Å². The minimum Gasteiger partial charge on any atom is -0.494 e. The predicted octanol–water partition coefficient (Wildman–Crippen LogP) is 2.54. The average molecular weight is 434 g/mol. The number of fused-ring (bicyclic) bond motifs is 2. The first-order valence-corrected chi connectivity index (χ1v) is 10.4. The van der Waals surface area contributed by atoms with Crippen LogP contribution in [-0.2, 0) is 4.84 Å². The lowest BCUT2D eigenvalue weighted by Gasteiger charge is -2.26. The Labute approximate surface area is 183 Å². The minimum atomic E-state index is -0.466. The molecule has 0 aliphatic carbocycles. The van der Waals surface area contributed by atoms with Gasteiger partial charge in [0.1, 0.15) is 18.0 Å². The summed E-state index contributed by atoms with van der Waals surface area (Å²) in [6.45, 7) is 5.05. The summed E-state index contributed by atoms with van der Waals surface area (Å²) in [7, 11) is 0. The van der Waals surface area contributed by atoms with Crippen LogP contribution in [0.2, 0.25) is 0 Å². The number of H-pyrrole nitrogens is 1. The molecule has 0 amide bonds. The van der Waals surface area contributed by atoms with Gasteiger partial charge in [-0.15, -0.1) is 0 Å². The zero-order chi connectivity index (χ0) is 22.1. The summed E-state index contributed by atoms with van der Waals surface area (Å²) in [6.07, 6.45) is 0. The Kier molecular flexibility index (Phi) is 5.29. The molecule has 0 saturated carbocycles. The molecule has 0 atom stereocenters. The lowest BCUT2D eigenvalue weighted by Crippen LogP contribution is -2.44. The molecule has 1 fully saturated rings. The molecule has 3 N–H and O–H groups in total. The number of hydrogen-bond donors (Lipinski definition) is 3. The van der Waals surface area contributed by atoms with Gasteiger partial charge >= 0.3 is 0 Å². The van der Waals surface area contributed by atoms with E-state index in [1.807, 2.05) is 24.3 Å². The van der Waals surface area contributed by atoms with E-state index in [9.17, 15) is 15.2 Å². The van der Waals surface area contributed by atoms with Crippen molar-refractivity contribution in [2.75, 3.05) is 39.3 Å². The van der Waals surface area contributed by atoms with Crippen molar-refractivity contribution in [2.24, 2.45) is 10.1 Å². The van der Waals surface area contributed by atoms with E-state index in [0.717, 1.165) is 38.3 Å². The van der Waals surface area contributed by atoms with Crippen molar-refractivity contribution >= 4 is 33.7 Å². The number of oxime groups is 1. The van der Waals surface area contributed by atoms with Crippen molar-refractivity contribution in [3.8, 4) is 5.88 Å². The monoisotopic (exact) mass is 434 g/mol. The number of hydrogen-bond acceptors (Lipinski definition) is 8. The fourth-order valence-corrected chi connectivity index (χ4v) is 4.07. The second kappa shape index (κ2) is 8.40. The third-order valence-electron chi connectivity index (χ3n) is 5.69. The number of aromatic nitrogens is 1. The van der Waals surface area contributed by atoms with Crippen LogP contribution in [0.4, 0.5) is 11.4 Å². The van der Waals surface area contributed by atoms with Gasteiger partial charge in [-0.2, -0.15) is 0 Å². The van der Waals surface area contributed by atoms with Crippen molar-refractivity contribution in [2.45, 2.75) is 0 Å². The standard InChI is InChI=1S/C22H22N6O4/c29-22-19(16-13-14(28(30)31)5-6-18(16)25-22)21-20(15-3-1-2-4-17(15)24-21)26-32-12-11-27-9-7-23-8-10-27/h1-6,13,23,25,29H,7-12H2. The Morgan fingerprint density at radius 2 is 2.03 bits per heavy atom. The second-order valence-corrected chi connectivity index (χ2v) is 7.68. The largest absolute Gasteiger partial charge is 0.494 e. The molecule has 10 nitrogen and oxygen atoms in total. The van der Waals surface area contributed by atoms with Gasteiger partial charge in [-0.3, -0.25) is 15.0 Å². The van der Waals surface area contributed by atoms with E-state index in [1.165, 1.54) is 12.1 Å². The number of non-ortho nitro benzene ring substituents is 1. The number of aromatic amines is 1. The van der Waals surface area contributed by atoms with E-state index in [1.54, 1.807) is 6.07 Å². The molecule has 1 saturated heterocycles. The molecule has 0 radical (unpaired) electrons. The van der Waals surface area contributed by atoms with E-state index >= 15 is 0 Å². The fraction of sp³-hybridized carbons (Fsp3) is 0.273. The predicted molar refractivity (Wildman–Crippen MR) is 121 cm³/mol. The summed E-state index contributed by atoms with van der Waals surface area (Å²) in [6, 6.07) is 11.9. The van der Waals surface area contributed by atoms with Crippen LogP contribution in [0.15, 0.2) is 52.6 Å². The summed E-state index contributed by atoms with van der Waals surface area (Å²) in [5.74, 6) is -0.124. The lowest BCUT2D eigenvalue weighted by atomic mass is 10.0. The van der Waals surface area contributed by atoms with Crippen molar-refractivity contribution in [1.29, 1.82) is 0 Å². The highest BCUT2D eigenvalue weighted by atomic mass is 16.6. The van der Waals surface area contributed by atoms with Crippen LogP contribution in [0.25, 0.3) is 10.9 Å². The van der Waals surface area contributed by atoms with Crippen molar-refractivity contribution in [3.05, 3.63) is 63.7 Å². The van der Waals surface area contributed by atoms with Gasteiger partial charge in [-0.25, -0.2) is 4.99 Å². The molecule has 10 heteroatoms. The molecule has 3 heterocycles. The Balaban J connectivity index is 1.49. The van der Waals surface area contributed by atoms with Gasteiger partial charge in [0.15, 0.2) is 5.88 Å². The fourth-order valence-electron chi connectivity index (χ4n) is 4.07. The number of para-hydroxylation sites is 1. The molecule has 0 unspecified atom stereocenters. The number of benzene rings is 2. The zero-order valence-corrected chi connectivity index (χ0v) is 17.2. The molecular formula is C22H22N6O4. The van der Waals surface area contributed by atoms with Crippen molar-refractivity contribution in [1.82, 2.24) is 15.2 Å². The van der Waals surface area contributed by atoms with Crippen LogP contribution < -0.4 is 5.32 Å². The molecule has 5 rings (SSSR count). The number of rotatable bonds is 6. The third-order valence-corrected chi connectivity index (χ3v) is 5.69. The van der Waals surface area contributed by atoms with Gasteiger partial charge in [-0.1, -0.05) is 23.4 Å². The van der Waals surface area contributed by atoms with E-state index < -0.39 is 4.92 Å². The summed E-state index contributed by atoms with van der Waals surface area (Å²) in [5, 5.41) is 30.1. The van der Waals surface area contributed by atoms with Gasteiger partial charge in [0.2, 0.25) is 0 Å². The number of piperazine rings is 1. The smallest absolute Gasteiger partial charge is 0.270 e. The Morgan fingerprint density at radius 3 is 2.84 bits per heavy atom. The van der Waals surface area contributed by atoms with Gasteiger partial charge in [0.25, 0.3) is 5.69 Å². The zero-order valence-electron chi connectivity index (χ0n) is 17.2. The van der Waals surface area contributed by atoms with Crippen LogP contribution in [0, 0.1) is 10.1 Å². The van der Waals surface area contributed by atoms with Crippen LogP contribution in [-0.4, -0.2) is 70.7 Å². The summed E-state index contributed by atoms with van der Waals surface area (Å²) in [4.78, 5) is 26.3. The minimum absolute atomic E-state index is 0.0698. The Hall–Kier alpha value is -3.76. The number of nitro benzene ring substituents is 1. The number of aromatic hydroxyl groups is 1. The van der Waals surface area contributed by atoms with E-state index in [2.05, 4.69) is 25.3 Å². The molecular weight excluding hydrogens is 412 g/mol.